The van der Waals surface area contributed by atoms with Gasteiger partial charge in [0.25, 0.3) is 5.91 Å². The summed E-state index contributed by atoms with van der Waals surface area (Å²) in [7, 11) is 0. The molecule has 23 heavy (non-hydrogen) atoms. The Morgan fingerprint density at radius 1 is 1.04 bits per heavy atom. The molecule has 1 aromatic carbocycles. The van der Waals surface area contributed by atoms with Gasteiger partial charge in [-0.05, 0) is 43.5 Å². The Morgan fingerprint density at radius 2 is 1.70 bits per heavy atom. The second kappa shape index (κ2) is 8.31. The van der Waals surface area contributed by atoms with Gasteiger partial charge in [0.05, 0.1) is 0 Å². The Labute approximate surface area is 136 Å². The first-order valence-corrected chi connectivity index (χ1v) is 8.06. The van der Waals surface area contributed by atoms with Gasteiger partial charge in [0.15, 0.2) is 0 Å². The lowest BCUT2D eigenvalue weighted by Gasteiger charge is -2.08. The minimum Gasteiger partial charge on any atom is -0.354 e. The summed E-state index contributed by atoms with van der Waals surface area (Å²) in [6, 6.07) is 6.74. The standard InChI is InChI=1S/C17H23N3O3/c1-2-3-15(21)20-14-8-6-13(7-9-14)17(23)19-11-10-18-16(22)12-4-5-12/h6-9,12H,2-5,10-11H2,1H3,(H,18,22)(H,19,23)(H,20,21). The highest BCUT2D eigenvalue weighted by molar-refractivity contribution is 5.95. The van der Waals surface area contributed by atoms with Crippen LogP contribution < -0.4 is 16.0 Å². The monoisotopic (exact) mass is 317 g/mol. The van der Waals surface area contributed by atoms with Crippen molar-refractivity contribution in [2.45, 2.75) is 32.6 Å². The van der Waals surface area contributed by atoms with Crippen LogP contribution in [0.4, 0.5) is 5.69 Å². The third-order valence-corrected chi connectivity index (χ3v) is 3.57. The van der Waals surface area contributed by atoms with Gasteiger partial charge >= 0.3 is 0 Å². The van der Waals surface area contributed by atoms with Gasteiger partial charge in [0.2, 0.25) is 11.8 Å². The maximum absolute atomic E-state index is 12.0. The summed E-state index contributed by atoms with van der Waals surface area (Å²) in [5.41, 5.74) is 1.20. The lowest BCUT2D eigenvalue weighted by molar-refractivity contribution is -0.122. The first-order valence-electron chi connectivity index (χ1n) is 8.06. The summed E-state index contributed by atoms with van der Waals surface area (Å²) in [6.45, 7) is 2.78. The molecular formula is C17H23N3O3. The first kappa shape index (κ1) is 17.0. The molecule has 124 valence electrons. The molecule has 1 aromatic rings. The van der Waals surface area contributed by atoms with Gasteiger partial charge in [-0.1, -0.05) is 6.92 Å². The van der Waals surface area contributed by atoms with Crippen molar-refractivity contribution in [3.8, 4) is 0 Å². The minimum absolute atomic E-state index is 0.0314. The number of anilines is 1. The fraction of sp³-hybridized carbons (Fsp3) is 0.471. The third-order valence-electron chi connectivity index (χ3n) is 3.57. The van der Waals surface area contributed by atoms with E-state index in [4.69, 9.17) is 0 Å². The zero-order chi connectivity index (χ0) is 16.7. The predicted octanol–water partition coefficient (Wildman–Crippen LogP) is 1.68. The molecule has 1 aliphatic rings. The van der Waals surface area contributed by atoms with Crippen molar-refractivity contribution < 1.29 is 14.4 Å². The van der Waals surface area contributed by atoms with Crippen LogP contribution in [0.3, 0.4) is 0 Å². The van der Waals surface area contributed by atoms with E-state index in [2.05, 4.69) is 16.0 Å². The van der Waals surface area contributed by atoms with E-state index in [1.807, 2.05) is 6.92 Å². The summed E-state index contributed by atoms with van der Waals surface area (Å²) >= 11 is 0. The molecule has 0 heterocycles. The van der Waals surface area contributed by atoms with E-state index >= 15 is 0 Å². The summed E-state index contributed by atoms with van der Waals surface area (Å²) < 4.78 is 0. The molecule has 6 nitrogen and oxygen atoms in total. The second-order valence-corrected chi connectivity index (χ2v) is 5.70. The average Bonchev–Trinajstić information content (AvgIpc) is 3.37. The molecule has 0 bridgehead atoms. The third kappa shape index (κ3) is 5.73. The van der Waals surface area contributed by atoms with Crippen molar-refractivity contribution >= 4 is 23.4 Å². The predicted molar refractivity (Wildman–Crippen MR) is 88.0 cm³/mol. The van der Waals surface area contributed by atoms with E-state index in [9.17, 15) is 14.4 Å². The van der Waals surface area contributed by atoms with Crippen LogP contribution in [0.2, 0.25) is 0 Å². The van der Waals surface area contributed by atoms with E-state index in [0.717, 1.165) is 19.3 Å². The van der Waals surface area contributed by atoms with Crippen LogP contribution >= 0.6 is 0 Å². The van der Waals surface area contributed by atoms with Gasteiger partial charge in [-0.2, -0.15) is 0 Å². The molecule has 0 radical (unpaired) electrons. The van der Waals surface area contributed by atoms with Gasteiger partial charge in [-0.25, -0.2) is 0 Å². The molecule has 1 aliphatic carbocycles. The first-order chi connectivity index (χ1) is 11.1. The maximum Gasteiger partial charge on any atom is 0.251 e. The molecule has 3 amide bonds. The molecular weight excluding hydrogens is 294 g/mol. The lowest BCUT2D eigenvalue weighted by Crippen LogP contribution is -2.35. The van der Waals surface area contributed by atoms with Crippen LogP contribution in [0.15, 0.2) is 24.3 Å². The normalized spacial score (nSPS) is 13.3. The van der Waals surface area contributed by atoms with Gasteiger partial charge < -0.3 is 16.0 Å². The Bertz CT molecular complexity index is 565. The maximum atomic E-state index is 12.0. The summed E-state index contributed by atoms with van der Waals surface area (Å²) in [6.07, 6.45) is 3.22. The topological polar surface area (TPSA) is 87.3 Å². The molecule has 1 fully saturated rings. The van der Waals surface area contributed by atoms with Crippen LogP contribution in [-0.4, -0.2) is 30.8 Å². The molecule has 0 aliphatic heterocycles. The number of amides is 3. The van der Waals surface area contributed by atoms with E-state index in [0.29, 0.717) is 30.8 Å². The Balaban J connectivity index is 1.71. The van der Waals surface area contributed by atoms with E-state index in [1.165, 1.54) is 0 Å². The highest BCUT2D eigenvalue weighted by Crippen LogP contribution is 2.28. The van der Waals surface area contributed by atoms with Crippen molar-refractivity contribution in [1.29, 1.82) is 0 Å². The van der Waals surface area contributed by atoms with Crippen molar-refractivity contribution in [3.05, 3.63) is 29.8 Å². The molecule has 0 atom stereocenters. The quantitative estimate of drug-likeness (QED) is 0.638. The highest BCUT2D eigenvalue weighted by Gasteiger charge is 2.28. The number of rotatable bonds is 8. The molecule has 2 rings (SSSR count). The van der Waals surface area contributed by atoms with Crippen LogP contribution in [0, 0.1) is 5.92 Å². The second-order valence-electron chi connectivity index (χ2n) is 5.70. The van der Waals surface area contributed by atoms with Gasteiger partial charge in [-0.3, -0.25) is 14.4 Å². The zero-order valence-electron chi connectivity index (χ0n) is 13.4. The van der Waals surface area contributed by atoms with Gasteiger partial charge in [0, 0.05) is 36.7 Å². The van der Waals surface area contributed by atoms with E-state index in [1.54, 1.807) is 24.3 Å². The molecule has 0 aromatic heterocycles. The van der Waals surface area contributed by atoms with Crippen molar-refractivity contribution in [3.63, 3.8) is 0 Å². The molecule has 0 spiro atoms. The molecule has 0 unspecified atom stereocenters. The SMILES string of the molecule is CCCC(=O)Nc1ccc(C(=O)NCCNC(=O)C2CC2)cc1. The largest absolute Gasteiger partial charge is 0.354 e. The molecule has 0 saturated heterocycles. The zero-order valence-corrected chi connectivity index (χ0v) is 13.4. The minimum atomic E-state index is -0.197. The Morgan fingerprint density at radius 3 is 2.30 bits per heavy atom. The van der Waals surface area contributed by atoms with Crippen LogP contribution in [-0.2, 0) is 9.59 Å². The molecule has 6 heteroatoms. The smallest absolute Gasteiger partial charge is 0.251 e. The Kier molecular flexibility index (Phi) is 6.14. The van der Waals surface area contributed by atoms with E-state index < -0.39 is 0 Å². The van der Waals surface area contributed by atoms with Crippen LogP contribution in [0.25, 0.3) is 0 Å². The number of hydrogen-bond acceptors (Lipinski definition) is 3. The molecule has 3 N–H and O–H groups in total. The summed E-state index contributed by atoms with van der Waals surface area (Å²) in [4.78, 5) is 34.9. The van der Waals surface area contributed by atoms with Crippen LogP contribution in [0.1, 0.15) is 43.0 Å². The van der Waals surface area contributed by atoms with Crippen LogP contribution in [0.5, 0.6) is 0 Å². The molecule has 1 saturated carbocycles. The van der Waals surface area contributed by atoms with Gasteiger partial charge in [0.1, 0.15) is 0 Å². The van der Waals surface area contributed by atoms with Crippen molar-refractivity contribution in [2.24, 2.45) is 5.92 Å². The summed E-state index contributed by atoms with van der Waals surface area (Å²) in [5, 5.41) is 8.32. The summed E-state index contributed by atoms with van der Waals surface area (Å²) in [5.74, 6) is 0.0285. The number of hydrogen-bond donors (Lipinski definition) is 3. The number of nitrogens with one attached hydrogen (secondary N) is 3. The fourth-order valence-corrected chi connectivity index (χ4v) is 2.11. The fourth-order valence-electron chi connectivity index (χ4n) is 2.11. The average molecular weight is 317 g/mol. The van der Waals surface area contributed by atoms with Gasteiger partial charge in [-0.15, -0.1) is 0 Å². The van der Waals surface area contributed by atoms with Crippen molar-refractivity contribution in [1.82, 2.24) is 10.6 Å². The van der Waals surface area contributed by atoms with E-state index in [-0.39, 0.29) is 23.6 Å². The Hall–Kier alpha value is -2.37. The highest BCUT2D eigenvalue weighted by atomic mass is 16.2. The number of benzene rings is 1. The number of carbonyl (C=O) groups is 3. The van der Waals surface area contributed by atoms with Crippen molar-refractivity contribution in [2.75, 3.05) is 18.4 Å². The number of carbonyl (C=O) groups excluding carboxylic acids is 3. The lowest BCUT2D eigenvalue weighted by atomic mass is 10.2.